The predicted molar refractivity (Wildman–Crippen MR) is 85.5 cm³/mol. The number of hydrogen-bond donors (Lipinski definition) is 0. The van der Waals surface area contributed by atoms with Gasteiger partial charge in [-0.05, 0) is 12.1 Å². The molecular formula is C14H15N3O2S2. The molecule has 1 aliphatic heterocycles. The molecule has 0 bridgehead atoms. The Balaban J connectivity index is 1.63. The molecule has 1 saturated heterocycles. The number of nitrogens with zero attached hydrogens (tertiary/aromatic N) is 3. The Kier molecular flexibility index (Phi) is 4.12. The van der Waals surface area contributed by atoms with Gasteiger partial charge >= 0.3 is 0 Å². The molecule has 7 heteroatoms. The lowest BCUT2D eigenvalue weighted by molar-refractivity contribution is -0.130. The van der Waals surface area contributed by atoms with Crippen molar-refractivity contribution in [2.24, 2.45) is 0 Å². The Morgan fingerprint density at radius 2 is 2.24 bits per heavy atom. The molecule has 0 radical (unpaired) electrons. The van der Waals surface area contributed by atoms with Gasteiger partial charge < -0.3 is 9.80 Å². The predicted octanol–water partition coefficient (Wildman–Crippen LogP) is 2.42. The topological polar surface area (TPSA) is 53.5 Å². The number of thiazole rings is 1. The van der Waals surface area contributed by atoms with Gasteiger partial charge in [-0.3, -0.25) is 9.59 Å². The molecule has 3 rings (SSSR count). The number of hydrogen-bond acceptors (Lipinski definition) is 5. The monoisotopic (exact) mass is 321 g/mol. The summed E-state index contributed by atoms with van der Waals surface area (Å²) in [6.07, 6.45) is 0. The molecule has 2 amide bonds. The molecule has 0 spiro atoms. The summed E-state index contributed by atoms with van der Waals surface area (Å²) in [4.78, 5) is 31.4. The SMILES string of the molecule is CN(Cc1nc2ccccc2s1)C(=O)CN1CCSC1=O. The first-order chi connectivity index (χ1) is 10.1. The molecule has 1 aromatic heterocycles. The Hall–Kier alpha value is -1.60. The molecule has 5 nitrogen and oxygen atoms in total. The Morgan fingerprint density at radius 3 is 2.95 bits per heavy atom. The maximum Gasteiger partial charge on any atom is 0.282 e. The Bertz CT molecular complexity index is 653. The lowest BCUT2D eigenvalue weighted by atomic mass is 10.3. The van der Waals surface area contributed by atoms with E-state index < -0.39 is 0 Å². The first-order valence-corrected chi connectivity index (χ1v) is 8.44. The maximum atomic E-state index is 12.2. The molecular weight excluding hydrogens is 306 g/mol. The van der Waals surface area contributed by atoms with Crippen LogP contribution in [0.3, 0.4) is 0 Å². The van der Waals surface area contributed by atoms with Crippen molar-refractivity contribution in [3.05, 3.63) is 29.3 Å². The van der Waals surface area contributed by atoms with Gasteiger partial charge in [0.2, 0.25) is 5.91 Å². The number of likely N-dealkylation sites (N-methyl/N-ethyl adjacent to an activating group) is 1. The number of thioether (sulfide) groups is 1. The highest BCUT2D eigenvalue weighted by molar-refractivity contribution is 8.13. The normalized spacial score (nSPS) is 14.9. The Labute approximate surface area is 130 Å². The number of para-hydroxylation sites is 1. The van der Waals surface area contributed by atoms with E-state index in [9.17, 15) is 9.59 Å². The molecule has 0 unspecified atom stereocenters. The van der Waals surface area contributed by atoms with Gasteiger partial charge in [-0.15, -0.1) is 11.3 Å². The molecule has 0 N–H and O–H groups in total. The van der Waals surface area contributed by atoms with Crippen LogP contribution < -0.4 is 0 Å². The average molecular weight is 321 g/mol. The summed E-state index contributed by atoms with van der Waals surface area (Å²) < 4.78 is 1.12. The van der Waals surface area contributed by atoms with E-state index in [4.69, 9.17) is 0 Å². The average Bonchev–Trinajstić information content (AvgIpc) is 3.04. The molecule has 0 saturated carbocycles. The van der Waals surface area contributed by atoms with Crippen LogP contribution in [0.1, 0.15) is 5.01 Å². The van der Waals surface area contributed by atoms with Crippen molar-refractivity contribution in [1.82, 2.24) is 14.8 Å². The number of benzene rings is 1. The lowest BCUT2D eigenvalue weighted by Gasteiger charge is -2.20. The van der Waals surface area contributed by atoms with Gasteiger partial charge in [0.05, 0.1) is 16.8 Å². The van der Waals surface area contributed by atoms with Crippen LogP contribution in [0.15, 0.2) is 24.3 Å². The third-order valence-corrected chi connectivity index (χ3v) is 5.22. The van der Waals surface area contributed by atoms with Crippen molar-refractivity contribution in [2.45, 2.75) is 6.54 Å². The first kappa shape index (κ1) is 14.3. The summed E-state index contributed by atoms with van der Waals surface area (Å²) in [6, 6.07) is 7.93. The zero-order valence-electron chi connectivity index (χ0n) is 11.6. The summed E-state index contributed by atoms with van der Waals surface area (Å²) >= 11 is 2.87. The van der Waals surface area contributed by atoms with Crippen LogP contribution in [0.25, 0.3) is 10.2 Å². The van der Waals surface area contributed by atoms with Crippen LogP contribution in [0.2, 0.25) is 0 Å². The zero-order chi connectivity index (χ0) is 14.8. The van der Waals surface area contributed by atoms with E-state index in [-0.39, 0.29) is 17.7 Å². The molecule has 21 heavy (non-hydrogen) atoms. The van der Waals surface area contributed by atoms with Gasteiger partial charge in [-0.2, -0.15) is 0 Å². The highest BCUT2D eigenvalue weighted by Gasteiger charge is 2.24. The summed E-state index contributed by atoms with van der Waals surface area (Å²) in [5, 5.41) is 0.908. The molecule has 1 aliphatic rings. The summed E-state index contributed by atoms with van der Waals surface area (Å²) in [5.74, 6) is 0.721. The van der Waals surface area contributed by atoms with Crippen LogP contribution in [-0.4, -0.2) is 51.8 Å². The fraction of sp³-hybridized carbons (Fsp3) is 0.357. The number of carbonyl (C=O) groups is 2. The molecule has 0 aliphatic carbocycles. The van der Waals surface area contributed by atoms with Crippen molar-refractivity contribution in [1.29, 1.82) is 0 Å². The molecule has 110 valence electrons. The second kappa shape index (κ2) is 6.03. The van der Waals surface area contributed by atoms with E-state index in [0.717, 1.165) is 21.0 Å². The standard InChI is InChI=1S/C14H15N3O2S2/c1-16(13(18)9-17-6-7-20-14(17)19)8-12-15-10-4-2-3-5-11(10)21-12/h2-5H,6-9H2,1H3. The van der Waals surface area contributed by atoms with Crippen LogP contribution in [0, 0.1) is 0 Å². The van der Waals surface area contributed by atoms with Gasteiger partial charge in [0.1, 0.15) is 11.6 Å². The van der Waals surface area contributed by atoms with E-state index in [0.29, 0.717) is 13.1 Å². The van der Waals surface area contributed by atoms with Gasteiger partial charge in [0, 0.05) is 19.3 Å². The zero-order valence-corrected chi connectivity index (χ0v) is 13.2. The Morgan fingerprint density at radius 1 is 1.43 bits per heavy atom. The van der Waals surface area contributed by atoms with Gasteiger partial charge in [-0.1, -0.05) is 23.9 Å². The van der Waals surface area contributed by atoms with Crippen LogP contribution >= 0.6 is 23.1 Å². The summed E-state index contributed by atoms with van der Waals surface area (Å²) in [6.45, 7) is 1.30. The van der Waals surface area contributed by atoms with E-state index in [1.165, 1.54) is 11.8 Å². The van der Waals surface area contributed by atoms with Crippen molar-refractivity contribution in [2.75, 3.05) is 25.9 Å². The number of carbonyl (C=O) groups excluding carboxylic acids is 2. The van der Waals surface area contributed by atoms with Gasteiger partial charge in [-0.25, -0.2) is 4.98 Å². The van der Waals surface area contributed by atoms with Crippen molar-refractivity contribution >= 4 is 44.5 Å². The smallest absolute Gasteiger partial charge is 0.282 e. The van der Waals surface area contributed by atoms with Crippen molar-refractivity contribution in [3.8, 4) is 0 Å². The third kappa shape index (κ3) is 3.19. The van der Waals surface area contributed by atoms with E-state index >= 15 is 0 Å². The van der Waals surface area contributed by atoms with Crippen LogP contribution in [0.4, 0.5) is 4.79 Å². The van der Waals surface area contributed by atoms with Crippen molar-refractivity contribution in [3.63, 3.8) is 0 Å². The lowest BCUT2D eigenvalue weighted by Crippen LogP contribution is -2.38. The van der Waals surface area contributed by atoms with Gasteiger partial charge in [0.25, 0.3) is 5.24 Å². The minimum Gasteiger partial charge on any atom is -0.337 e. The summed E-state index contributed by atoms with van der Waals surface area (Å²) in [7, 11) is 1.75. The second-order valence-corrected chi connectivity index (χ2v) is 7.02. The fourth-order valence-electron chi connectivity index (χ4n) is 2.13. The first-order valence-electron chi connectivity index (χ1n) is 6.63. The van der Waals surface area contributed by atoms with Gasteiger partial charge in [0.15, 0.2) is 0 Å². The maximum absolute atomic E-state index is 12.2. The van der Waals surface area contributed by atoms with Crippen LogP contribution in [-0.2, 0) is 11.3 Å². The molecule has 1 aromatic carbocycles. The molecule has 0 atom stereocenters. The highest BCUT2D eigenvalue weighted by Crippen LogP contribution is 2.22. The number of fused-ring (bicyclic) bond motifs is 1. The largest absolute Gasteiger partial charge is 0.337 e. The van der Waals surface area contributed by atoms with E-state index in [1.54, 1.807) is 28.2 Å². The molecule has 1 fully saturated rings. The third-order valence-electron chi connectivity index (χ3n) is 3.31. The number of amides is 2. The molecule has 2 aromatic rings. The van der Waals surface area contributed by atoms with E-state index in [1.807, 2.05) is 24.3 Å². The number of aromatic nitrogens is 1. The fourth-order valence-corrected chi connectivity index (χ4v) is 3.98. The van der Waals surface area contributed by atoms with Crippen LogP contribution in [0.5, 0.6) is 0 Å². The minimum absolute atomic E-state index is 0.00302. The highest BCUT2D eigenvalue weighted by atomic mass is 32.2. The second-order valence-electron chi connectivity index (χ2n) is 4.86. The van der Waals surface area contributed by atoms with E-state index in [2.05, 4.69) is 4.98 Å². The number of rotatable bonds is 4. The summed E-state index contributed by atoms with van der Waals surface area (Å²) in [5.41, 5.74) is 0.962. The molecule has 2 heterocycles. The quantitative estimate of drug-likeness (QED) is 0.868. The van der Waals surface area contributed by atoms with Crippen molar-refractivity contribution < 1.29 is 9.59 Å². The minimum atomic E-state index is -0.0508.